The Kier molecular flexibility index (Phi) is 3.66. The third-order valence-electron chi connectivity index (χ3n) is 2.69. The molecule has 2 N–H and O–H groups in total. The minimum absolute atomic E-state index is 0.150. The lowest BCUT2D eigenvalue weighted by Crippen LogP contribution is -2.59. The van der Waals surface area contributed by atoms with Gasteiger partial charge in [0.15, 0.2) is 0 Å². The molecule has 1 rings (SSSR count). The molecule has 1 aliphatic rings. The molecule has 1 fully saturated rings. The first kappa shape index (κ1) is 14.1. The van der Waals surface area contributed by atoms with Gasteiger partial charge in [-0.3, -0.25) is 4.79 Å². The summed E-state index contributed by atoms with van der Waals surface area (Å²) in [6.07, 6.45) is -5.88. The van der Waals surface area contributed by atoms with Crippen LogP contribution in [0.1, 0.15) is 19.8 Å². The summed E-state index contributed by atoms with van der Waals surface area (Å²) in [5, 5.41) is 0. The molecule has 2 unspecified atom stereocenters. The van der Waals surface area contributed by atoms with E-state index in [1.54, 1.807) is 6.92 Å². The van der Waals surface area contributed by atoms with Gasteiger partial charge in [-0.25, -0.2) is 0 Å². The number of nitrogens with zero attached hydrogens (tertiary/aromatic N) is 1. The number of alkyl halides is 5. The Morgan fingerprint density at radius 3 is 2.29 bits per heavy atom. The summed E-state index contributed by atoms with van der Waals surface area (Å²) in [6.45, 7) is 1.43. The number of hydrogen-bond donors (Lipinski definition) is 1. The number of likely N-dealkylation sites (tertiary alicyclic amines) is 1. The molecule has 0 aromatic rings. The van der Waals surface area contributed by atoms with Gasteiger partial charge < -0.3 is 10.6 Å². The Morgan fingerprint density at radius 1 is 1.35 bits per heavy atom. The zero-order chi connectivity index (χ0) is 13.4. The van der Waals surface area contributed by atoms with Crippen LogP contribution in [0.3, 0.4) is 0 Å². The SMILES string of the molecule is CCCN1C(=O)CC(N)C1C(F)(F)C(F)(F)F. The van der Waals surface area contributed by atoms with Gasteiger partial charge in [-0.15, -0.1) is 0 Å². The number of carbonyl (C=O) groups excluding carboxylic acids is 1. The van der Waals surface area contributed by atoms with E-state index in [4.69, 9.17) is 5.73 Å². The maximum atomic E-state index is 13.2. The van der Waals surface area contributed by atoms with E-state index in [1.807, 2.05) is 0 Å². The van der Waals surface area contributed by atoms with Crippen molar-refractivity contribution in [2.45, 2.75) is 43.9 Å². The van der Waals surface area contributed by atoms with Crippen molar-refractivity contribution in [2.24, 2.45) is 5.73 Å². The number of amides is 1. The Labute approximate surface area is 94.7 Å². The van der Waals surface area contributed by atoms with E-state index < -0.39 is 36.5 Å². The summed E-state index contributed by atoms with van der Waals surface area (Å²) in [5.74, 6) is -5.73. The second kappa shape index (κ2) is 4.40. The molecule has 0 saturated carbocycles. The van der Waals surface area contributed by atoms with Crippen molar-refractivity contribution in [3.8, 4) is 0 Å². The molecule has 0 aromatic carbocycles. The molecule has 0 spiro atoms. The second-order valence-electron chi connectivity index (χ2n) is 4.02. The maximum absolute atomic E-state index is 13.2. The van der Waals surface area contributed by atoms with Crippen LogP contribution in [0.2, 0.25) is 0 Å². The Hall–Kier alpha value is -0.920. The number of rotatable bonds is 3. The zero-order valence-corrected chi connectivity index (χ0v) is 9.10. The molecule has 0 bridgehead atoms. The monoisotopic (exact) mass is 260 g/mol. The molecular formula is C9H13F5N2O. The number of halogens is 5. The molecule has 1 amide bonds. The average Bonchev–Trinajstić information content (AvgIpc) is 2.40. The van der Waals surface area contributed by atoms with Gasteiger partial charge in [-0.1, -0.05) is 6.92 Å². The number of nitrogens with two attached hydrogens (primary N) is 1. The van der Waals surface area contributed by atoms with Gasteiger partial charge in [0.1, 0.15) is 6.04 Å². The van der Waals surface area contributed by atoms with Crippen molar-refractivity contribution >= 4 is 5.91 Å². The molecule has 8 heteroatoms. The van der Waals surface area contributed by atoms with E-state index >= 15 is 0 Å². The van der Waals surface area contributed by atoms with Crippen LogP contribution in [0.5, 0.6) is 0 Å². The fourth-order valence-electron chi connectivity index (χ4n) is 1.95. The van der Waals surface area contributed by atoms with Gasteiger partial charge in [-0.2, -0.15) is 22.0 Å². The first-order valence-corrected chi connectivity index (χ1v) is 5.12. The lowest BCUT2D eigenvalue weighted by Gasteiger charge is -2.34. The largest absolute Gasteiger partial charge is 0.455 e. The third-order valence-corrected chi connectivity index (χ3v) is 2.69. The predicted molar refractivity (Wildman–Crippen MR) is 49.4 cm³/mol. The molecule has 1 aliphatic heterocycles. The summed E-state index contributed by atoms with van der Waals surface area (Å²) in [4.78, 5) is 11.8. The molecule has 1 heterocycles. The minimum atomic E-state index is -5.70. The van der Waals surface area contributed by atoms with Crippen LogP contribution in [0.4, 0.5) is 22.0 Å². The fourth-order valence-corrected chi connectivity index (χ4v) is 1.95. The summed E-state index contributed by atoms with van der Waals surface area (Å²) in [7, 11) is 0. The quantitative estimate of drug-likeness (QED) is 0.782. The first-order chi connectivity index (χ1) is 7.63. The van der Waals surface area contributed by atoms with Crippen molar-refractivity contribution in [3.05, 3.63) is 0 Å². The van der Waals surface area contributed by atoms with Crippen molar-refractivity contribution in [1.82, 2.24) is 4.90 Å². The maximum Gasteiger partial charge on any atom is 0.455 e. The molecule has 3 nitrogen and oxygen atoms in total. The molecule has 0 aliphatic carbocycles. The zero-order valence-electron chi connectivity index (χ0n) is 9.10. The topological polar surface area (TPSA) is 46.3 Å². The van der Waals surface area contributed by atoms with Gasteiger partial charge in [0.25, 0.3) is 0 Å². The van der Waals surface area contributed by atoms with Crippen LogP contribution in [0, 0.1) is 0 Å². The molecule has 17 heavy (non-hydrogen) atoms. The average molecular weight is 260 g/mol. The van der Waals surface area contributed by atoms with Gasteiger partial charge >= 0.3 is 12.1 Å². The Bertz CT molecular complexity index is 304. The molecule has 0 radical (unpaired) electrons. The van der Waals surface area contributed by atoms with E-state index in [-0.39, 0.29) is 6.54 Å². The third kappa shape index (κ3) is 2.36. The van der Waals surface area contributed by atoms with Crippen molar-refractivity contribution < 1.29 is 26.7 Å². The summed E-state index contributed by atoms with van der Waals surface area (Å²) >= 11 is 0. The Morgan fingerprint density at radius 2 is 1.88 bits per heavy atom. The summed E-state index contributed by atoms with van der Waals surface area (Å²) in [5.41, 5.74) is 5.23. The Balaban J connectivity index is 3.04. The summed E-state index contributed by atoms with van der Waals surface area (Å²) < 4.78 is 63.2. The summed E-state index contributed by atoms with van der Waals surface area (Å²) in [6, 6.07) is -3.79. The highest BCUT2D eigenvalue weighted by molar-refractivity contribution is 5.80. The highest BCUT2D eigenvalue weighted by Gasteiger charge is 2.67. The van der Waals surface area contributed by atoms with Gasteiger partial charge in [-0.05, 0) is 6.42 Å². The van der Waals surface area contributed by atoms with E-state index in [9.17, 15) is 26.7 Å². The van der Waals surface area contributed by atoms with Gasteiger partial charge in [0.05, 0.1) is 0 Å². The second-order valence-corrected chi connectivity index (χ2v) is 4.02. The van der Waals surface area contributed by atoms with E-state index in [0.717, 1.165) is 0 Å². The molecule has 0 aromatic heterocycles. The van der Waals surface area contributed by atoms with Crippen LogP contribution < -0.4 is 5.73 Å². The number of hydrogen-bond acceptors (Lipinski definition) is 2. The predicted octanol–water partition coefficient (Wildman–Crippen LogP) is 1.52. The van der Waals surface area contributed by atoms with Crippen molar-refractivity contribution in [1.29, 1.82) is 0 Å². The van der Waals surface area contributed by atoms with E-state index in [0.29, 0.717) is 11.3 Å². The number of carbonyl (C=O) groups is 1. The van der Waals surface area contributed by atoms with Crippen LogP contribution in [0.25, 0.3) is 0 Å². The lowest BCUT2D eigenvalue weighted by molar-refractivity contribution is -0.301. The smallest absolute Gasteiger partial charge is 0.332 e. The molecule has 2 atom stereocenters. The van der Waals surface area contributed by atoms with E-state index in [1.165, 1.54) is 0 Å². The van der Waals surface area contributed by atoms with Gasteiger partial charge in [0.2, 0.25) is 5.91 Å². The highest BCUT2D eigenvalue weighted by atomic mass is 19.4. The van der Waals surface area contributed by atoms with Crippen LogP contribution in [-0.4, -0.2) is 41.5 Å². The lowest BCUT2D eigenvalue weighted by atomic mass is 10.0. The van der Waals surface area contributed by atoms with Gasteiger partial charge in [0, 0.05) is 19.0 Å². The van der Waals surface area contributed by atoms with Crippen LogP contribution >= 0.6 is 0 Å². The van der Waals surface area contributed by atoms with Crippen LogP contribution in [0.15, 0.2) is 0 Å². The fraction of sp³-hybridized carbons (Fsp3) is 0.889. The van der Waals surface area contributed by atoms with Crippen LogP contribution in [-0.2, 0) is 4.79 Å². The first-order valence-electron chi connectivity index (χ1n) is 5.12. The van der Waals surface area contributed by atoms with Crippen molar-refractivity contribution in [2.75, 3.05) is 6.54 Å². The van der Waals surface area contributed by atoms with Crippen molar-refractivity contribution in [3.63, 3.8) is 0 Å². The molecule has 1 saturated heterocycles. The molecular weight excluding hydrogens is 247 g/mol. The van der Waals surface area contributed by atoms with E-state index in [2.05, 4.69) is 0 Å². The normalized spacial score (nSPS) is 26.8. The standard InChI is InChI=1S/C9H13F5N2O/c1-2-3-16-6(17)4-5(15)7(16)8(10,11)9(12,13)14/h5,7H,2-4,15H2,1H3. The minimum Gasteiger partial charge on any atom is -0.332 e. The molecule has 100 valence electrons. The highest BCUT2D eigenvalue weighted by Crippen LogP contribution is 2.43.